The summed E-state index contributed by atoms with van der Waals surface area (Å²) in [4.78, 5) is 24.8. The minimum atomic E-state index is -0.862. The highest BCUT2D eigenvalue weighted by molar-refractivity contribution is 7.99. The number of phenols is 1. The van der Waals surface area contributed by atoms with Crippen LogP contribution >= 0.6 is 11.8 Å². The van der Waals surface area contributed by atoms with E-state index in [9.17, 15) is 14.7 Å². The molecule has 0 fully saturated rings. The summed E-state index contributed by atoms with van der Waals surface area (Å²) in [6.45, 7) is 5.37. The molecule has 0 saturated heterocycles. The van der Waals surface area contributed by atoms with E-state index >= 15 is 0 Å². The number of carboxylic acids is 1. The zero-order valence-corrected chi connectivity index (χ0v) is 20.9. The van der Waals surface area contributed by atoms with E-state index in [1.165, 1.54) is 18.7 Å². The van der Waals surface area contributed by atoms with E-state index in [1.54, 1.807) is 12.1 Å². The predicted molar refractivity (Wildman–Crippen MR) is 136 cm³/mol. The number of Topliss-reactive ketones (excluding diaryl/α,β-unsaturated/α-hetero) is 1. The molecule has 184 valence electrons. The number of benzene rings is 3. The van der Waals surface area contributed by atoms with E-state index in [0.29, 0.717) is 29.9 Å². The van der Waals surface area contributed by atoms with Crippen molar-refractivity contribution in [3.63, 3.8) is 0 Å². The highest BCUT2D eigenvalue weighted by atomic mass is 32.2. The third kappa shape index (κ3) is 7.02. The molecule has 1 atom stereocenters. The maximum absolute atomic E-state index is 11.8. The largest absolute Gasteiger partial charge is 0.507 e. The highest BCUT2D eigenvalue weighted by Gasteiger charge is 2.19. The molecule has 1 unspecified atom stereocenters. The van der Waals surface area contributed by atoms with Gasteiger partial charge in [0.25, 0.3) is 0 Å². The fraction of sp³-hybridized carbons (Fsp3) is 0.286. The quantitative estimate of drug-likeness (QED) is 0.219. The number of carbonyl (C=O) groups is 2. The minimum Gasteiger partial charge on any atom is -0.507 e. The molecule has 0 aliphatic heterocycles. The molecule has 6 nitrogen and oxygen atoms in total. The Balaban J connectivity index is 1.72. The summed E-state index contributed by atoms with van der Waals surface area (Å²) in [7, 11) is 0. The highest BCUT2D eigenvalue weighted by Crippen LogP contribution is 2.35. The van der Waals surface area contributed by atoms with E-state index in [4.69, 9.17) is 14.6 Å². The summed E-state index contributed by atoms with van der Waals surface area (Å²) in [6.07, 6.45) is 1.33. The maximum atomic E-state index is 11.8. The topological polar surface area (TPSA) is 93.1 Å². The molecule has 3 rings (SSSR count). The molecular formula is C28H30O6S. The van der Waals surface area contributed by atoms with Crippen LogP contribution in [0.1, 0.15) is 55.1 Å². The van der Waals surface area contributed by atoms with E-state index < -0.39 is 12.3 Å². The number of hydrogen-bond donors (Lipinski definition) is 2. The fourth-order valence-corrected chi connectivity index (χ4v) is 4.56. The van der Waals surface area contributed by atoms with Gasteiger partial charge in [-0.2, -0.15) is 0 Å². The van der Waals surface area contributed by atoms with Gasteiger partial charge in [0.15, 0.2) is 5.78 Å². The molecular weight excluding hydrogens is 464 g/mol. The first kappa shape index (κ1) is 26.2. The minimum absolute atomic E-state index is 0.0249. The molecule has 3 aromatic rings. The van der Waals surface area contributed by atoms with Gasteiger partial charge in [-0.15, -0.1) is 0 Å². The first-order valence-electron chi connectivity index (χ1n) is 11.6. The SMILES string of the molecule is CCCc1c(OC(CC)Oc2ccc(Sc3ccccc3CC(=O)O)cc2)ccc(C(C)=O)c1O. The number of aromatic hydroxyl groups is 1. The Morgan fingerprint density at radius 3 is 2.31 bits per heavy atom. The molecule has 0 saturated carbocycles. The first-order valence-corrected chi connectivity index (χ1v) is 12.4. The number of rotatable bonds is 12. The lowest BCUT2D eigenvalue weighted by Gasteiger charge is -2.22. The Hall–Kier alpha value is -3.45. The Kier molecular flexibility index (Phi) is 9.20. The molecule has 0 spiro atoms. The first-order chi connectivity index (χ1) is 16.8. The molecule has 0 amide bonds. The van der Waals surface area contributed by atoms with Crippen molar-refractivity contribution in [1.82, 2.24) is 0 Å². The van der Waals surface area contributed by atoms with Gasteiger partial charge in [0, 0.05) is 21.8 Å². The third-order valence-corrected chi connectivity index (χ3v) is 6.47. The molecule has 0 aliphatic carbocycles. The molecule has 35 heavy (non-hydrogen) atoms. The van der Waals surface area contributed by atoms with Gasteiger partial charge in [0.2, 0.25) is 6.29 Å². The van der Waals surface area contributed by atoms with E-state index in [2.05, 4.69) is 0 Å². The van der Waals surface area contributed by atoms with E-state index in [1.807, 2.05) is 62.4 Å². The van der Waals surface area contributed by atoms with Gasteiger partial charge >= 0.3 is 5.97 Å². The summed E-state index contributed by atoms with van der Waals surface area (Å²) in [5, 5.41) is 19.7. The van der Waals surface area contributed by atoms with Crippen molar-refractivity contribution < 1.29 is 29.3 Å². The Labute approximate surface area is 209 Å². The third-order valence-electron chi connectivity index (χ3n) is 5.34. The molecule has 0 aromatic heterocycles. The van der Waals surface area contributed by atoms with Crippen LogP contribution in [0.15, 0.2) is 70.5 Å². The molecule has 2 N–H and O–H groups in total. The van der Waals surface area contributed by atoms with Crippen molar-refractivity contribution in [2.75, 3.05) is 0 Å². The van der Waals surface area contributed by atoms with Crippen LogP contribution in [-0.2, 0) is 17.6 Å². The summed E-state index contributed by atoms with van der Waals surface area (Å²) in [5.41, 5.74) is 1.66. The van der Waals surface area contributed by atoms with Crippen LogP contribution in [0.25, 0.3) is 0 Å². The maximum Gasteiger partial charge on any atom is 0.307 e. The van der Waals surface area contributed by atoms with Crippen LogP contribution in [0.5, 0.6) is 17.2 Å². The summed E-state index contributed by atoms with van der Waals surface area (Å²) in [5.74, 6) is 0.0401. The number of hydrogen-bond acceptors (Lipinski definition) is 6. The summed E-state index contributed by atoms with van der Waals surface area (Å²) < 4.78 is 12.1. The van der Waals surface area contributed by atoms with Gasteiger partial charge < -0.3 is 19.7 Å². The van der Waals surface area contributed by atoms with Crippen LogP contribution in [0.4, 0.5) is 0 Å². The lowest BCUT2D eigenvalue weighted by molar-refractivity contribution is -0.136. The van der Waals surface area contributed by atoms with E-state index in [0.717, 1.165) is 21.8 Å². The van der Waals surface area contributed by atoms with Gasteiger partial charge in [-0.25, -0.2) is 0 Å². The second-order valence-electron chi connectivity index (χ2n) is 8.07. The number of phenolic OH excluding ortho intramolecular Hbond substituents is 1. The predicted octanol–water partition coefficient (Wildman–Crippen LogP) is 6.52. The van der Waals surface area contributed by atoms with Crippen molar-refractivity contribution >= 4 is 23.5 Å². The molecule has 0 aliphatic rings. The Morgan fingerprint density at radius 1 is 0.971 bits per heavy atom. The van der Waals surface area contributed by atoms with Crippen molar-refractivity contribution in [1.29, 1.82) is 0 Å². The average molecular weight is 495 g/mol. The fourth-order valence-electron chi connectivity index (χ4n) is 3.61. The number of ether oxygens (including phenoxy) is 2. The van der Waals surface area contributed by atoms with Crippen LogP contribution in [-0.4, -0.2) is 28.3 Å². The number of ketones is 1. The molecule has 0 radical (unpaired) electrons. The van der Waals surface area contributed by atoms with Crippen molar-refractivity contribution in [3.8, 4) is 17.2 Å². The zero-order chi connectivity index (χ0) is 25.4. The summed E-state index contributed by atoms with van der Waals surface area (Å²) in [6, 6.07) is 18.3. The average Bonchev–Trinajstić information content (AvgIpc) is 2.82. The molecule has 0 heterocycles. The smallest absolute Gasteiger partial charge is 0.307 e. The monoisotopic (exact) mass is 494 g/mol. The standard InChI is InChI=1S/C28H30O6S/c1-4-8-23-24(16-15-22(18(3)29)28(23)32)34-27(5-2)33-20-11-13-21(14-12-20)35-25-10-7-6-9-19(25)17-26(30)31/h6-7,9-16,27,32H,4-5,8,17H2,1-3H3,(H,30,31). The van der Waals surface area contributed by atoms with Gasteiger partial charge in [0.1, 0.15) is 17.2 Å². The lowest BCUT2D eigenvalue weighted by Crippen LogP contribution is -2.23. The van der Waals surface area contributed by atoms with Crippen molar-refractivity contribution in [2.24, 2.45) is 0 Å². The van der Waals surface area contributed by atoms with Crippen LogP contribution in [0, 0.1) is 0 Å². The van der Waals surface area contributed by atoms with Gasteiger partial charge in [-0.1, -0.05) is 50.2 Å². The van der Waals surface area contributed by atoms with Gasteiger partial charge in [-0.05, 0) is 61.4 Å². The van der Waals surface area contributed by atoms with Crippen molar-refractivity contribution in [2.45, 2.75) is 62.5 Å². The summed E-state index contributed by atoms with van der Waals surface area (Å²) >= 11 is 1.50. The number of carbonyl (C=O) groups excluding carboxylic acids is 1. The van der Waals surface area contributed by atoms with Crippen LogP contribution < -0.4 is 9.47 Å². The Bertz CT molecular complexity index is 1170. The second kappa shape index (κ2) is 12.3. The van der Waals surface area contributed by atoms with Crippen LogP contribution in [0.2, 0.25) is 0 Å². The molecule has 7 heteroatoms. The van der Waals surface area contributed by atoms with Gasteiger partial charge in [0.05, 0.1) is 12.0 Å². The lowest BCUT2D eigenvalue weighted by atomic mass is 10.0. The number of aliphatic carboxylic acids is 1. The normalized spacial score (nSPS) is 11.6. The zero-order valence-electron chi connectivity index (χ0n) is 20.1. The molecule has 3 aromatic carbocycles. The van der Waals surface area contributed by atoms with Crippen LogP contribution in [0.3, 0.4) is 0 Å². The van der Waals surface area contributed by atoms with Crippen molar-refractivity contribution in [3.05, 3.63) is 77.4 Å². The van der Waals surface area contributed by atoms with E-state index in [-0.39, 0.29) is 23.5 Å². The Morgan fingerprint density at radius 2 is 1.69 bits per heavy atom. The molecule has 0 bridgehead atoms. The van der Waals surface area contributed by atoms with Gasteiger partial charge in [-0.3, -0.25) is 9.59 Å². The number of carboxylic acid groups (broad SMARTS) is 1. The second-order valence-corrected chi connectivity index (χ2v) is 9.19.